The van der Waals surface area contributed by atoms with E-state index >= 15 is 0 Å². The number of carboxylic acid groups (broad SMARTS) is 1. The maximum Gasteiger partial charge on any atom is 0.182 e. The van der Waals surface area contributed by atoms with Gasteiger partial charge in [-0.3, -0.25) is 0 Å². The van der Waals surface area contributed by atoms with Gasteiger partial charge in [0.05, 0.1) is 12.5 Å². The van der Waals surface area contributed by atoms with E-state index in [-0.39, 0.29) is 0 Å². The Morgan fingerprint density at radius 3 is 2.56 bits per heavy atom. The minimum Gasteiger partial charge on any atom is -0.545 e. The molecule has 0 radical (unpaired) electrons. The first-order valence-corrected chi connectivity index (χ1v) is 5.05. The first kappa shape index (κ1) is 12.1. The zero-order chi connectivity index (χ0) is 11.6. The van der Waals surface area contributed by atoms with Crippen LogP contribution in [0.5, 0.6) is 0 Å². The maximum atomic E-state index is 9.97. The van der Waals surface area contributed by atoms with Crippen LogP contribution in [0.3, 0.4) is 0 Å². The Morgan fingerprint density at radius 1 is 1.38 bits per heavy atom. The molecule has 0 aliphatic carbocycles. The highest BCUT2D eigenvalue weighted by atomic mass is 16.4. The first-order chi connectivity index (χ1) is 7.79. The normalized spacial score (nSPS) is 13.5. The molecule has 2 N–H and O–H groups in total. The number of rotatable bonds is 2. The number of hydrogen-bond acceptors (Lipinski definition) is 3. The topological polar surface area (TPSA) is 69.1 Å². The number of aliphatic carboxylic acids is 1. The van der Waals surface area contributed by atoms with E-state index in [2.05, 4.69) is 10.3 Å². The standard InChI is InChI=1S/C9H8O2.C3H6N2/c10-9(11)7-6-8-4-2-1-3-5-8;1-2-5-3-4-1/h1-7H,(H,10,11);3H,1-2H2,(H,4,5). The molecular weight excluding hydrogens is 204 g/mol. The molecule has 0 saturated carbocycles. The molecule has 2 rings (SSSR count). The molecule has 84 valence electrons. The van der Waals surface area contributed by atoms with Crippen LogP contribution in [0.4, 0.5) is 0 Å². The van der Waals surface area contributed by atoms with Gasteiger partial charge in [-0.15, -0.1) is 0 Å². The number of nitrogens with zero attached hydrogens (tertiary/aromatic N) is 1. The number of nitrogens with two attached hydrogens (primary N) is 1. The third kappa shape index (κ3) is 5.72. The summed E-state index contributed by atoms with van der Waals surface area (Å²) in [7, 11) is 0. The number of carbonyl (C=O) groups is 1. The van der Waals surface area contributed by atoms with E-state index in [0.29, 0.717) is 0 Å². The lowest BCUT2D eigenvalue weighted by Gasteiger charge is -1.91. The molecule has 0 atom stereocenters. The third-order valence-corrected chi connectivity index (χ3v) is 1.85. The lowest BCUT2D eigenvalue weighted by molar-refractivity contribution is -0.518. The molecule has 4 heteroatoms. The van der Waals surface area contributed by atoms with E-state index in [0.717, 1.165) is 24.7 Å². The summed E-state index contributed by atoms with van der Waals surface area (Å²) < 4.78 is 0. The van der Waals surface area contributed by atoms with Crippen LogP contribution in [0.1, 0.15) is 5.56 Å². The number of hydrogen-bond donors (Lipinski definition) is 1. The van der Waals surface area contributed by atoms with Gasteiger partial charge in [0.2, 0.25) is 0 Å². The molecular formula is C12H14N2O2. The Bertz CT molecular complexity index is 366. The minimum absolute atomic E-state index is 0.858. The second-order valence-electron chi connectivity index (χ2n) is 3.14. The molecule has 0 bridgehead atoms. The van der Waals surface area contributed by atoms with Crippen LogP contribution >= 0.6 is 0 Å². The fourth-order valence-electron chi connectivity index (χ4n) is 1.10. The highest BCUT2D eigenvalue weighted by Gasteiger charge is 1.88. The van der Waals surface area contributed by atoms with Gasteiger partial charge in [0.1, 0.15) is 6.54 Å². The summed E-state index contributed by atoms with van der Waals surface area (Å²) in [4.78, 5) is 13.9. The van der Waals surface area contributed by atoms with Gasteiger partial charge in [-0.2, -0.15) is 0 Å². The Morgan fingerprint density at radius 2 is 2.12 bits per heavy atom. The Kier molecular flexibility index (Phi) is 5.58. The van der Waals surface area contributed by atoms with Crippen LogP contribution in [-0.2, 0) is 4.79 Å². The van der Waals surface area contributed by atoms with Gasteiger partial charge < -0.3 is 15.2 Å². The van der Waals surface area contributed by atoms with Gasteiger partial charge in [0, 0.05) is 0 Å². The molecule has 1 aromatic rings. The van der Waals surface area contributed by atoms with Crippen molar-refractivity contribution in [3.8, 4) is 0 Å². The molecule has 0 aromatic heterocycles. The quantitative estimate of drug-likeness (QED) is 0.650. The van der Waals surface area contributed by atoms with Crippen molar-refractivity contribution in [3.63, 3.8) is 0 Å². The van der Waals surface area contributed by atoms with E-state index in [9.17, 15) is 9.90 Å². The summed E-state index contributed by atoms with van der Waals surface area (Å²) in [5.74, 6) is -1.17. The molecule has 16 heavy (non-hydrogen) atoms. The molecule has 0 unspecified atom stereocenters. The summed E-state index contributed by atoms with van der Waals surface area (Å²) >= 11 is 0. The van der Waals surface area contributed by atoms with Crippen molar-refractivity contribution >= 4 is 18.4 Å². The Labute approximate surface area is 94.3 Å². The van der Waals surface area contributed by atoms with Crippen LogP contribution < -0.4 is 10.4 Å². The fourth-order valence-corrected chi connectivity index (χ4v) is 1.10. The monoisotopic (exact) mass is 218 g/mol. The van der Waals surface area contributed by atoms with Crippen LogP contribution in [-0.4, -0.2) is 25.4 Å². The lowest BCUT2D eigenvalue weighted by Crippen LogP contribution is -2.80. The highest BCUT2D eigenvalue weighted by Crippen LogP contribution is 1.99. The van der Waals surface area contributed by atoms with Crippen molar-refractivity contribution in [2.24, 2.45) is 4.99 Å². The van der Waals surface area contributed by atoms with Crippen molar-refractivity contribution < 1.29 is 15.2 Å². The minimum atomic E-state index is -1.17. The number of benzene rings is 1. The first-order valence-electron chi connectivity index (χ1n) is 5.05. The van der Waals surface area contributed by atoms with Gasteiger partial charge in [-0.25, -0.2) is 4.99 Å². The number of aliphatic imine (C=N–C) groups is 1. The second kappa shape index (κ2) is 7.36. The summed E-state index contributed by atoms with van der Waals surface area (Å²) in [6, 6.07) is 9.19. The van der Waals surface area contributed by atoms with Crippen LogP contribution in [0, 0.1) is 0 Å². The zero-order valence-electron chi connectivity index (χ0n) is 8.87. The van der Waals surface area contributed by atoms with Crippen molar-refractivity contribution in [2.75, 3.05) is 13.1 Å². The largest absolute Gasteiger partial charge is 0.545 e. The van der Waals surface area contributed by atoms with Gasteiger partial charge in [-0.1, -0.05) is 36.4 Å². The Balaban J connectivity index is 0.000000212. The predicted molar refractivity (Wildman–Crippen MR) is 60.6 cm³/mol. The van der Waals surface area contributed by atoms with Gasteiger partial charge in [0.25, 0.3) is 0 Å². The Hall–Kier alpha value is -1.94. The fraction of sp³-hybridized carbons (Fsp3) is 0.167. The van der Waals surface area contributed by atoms with E-state index < -0.39 is 5.97 Å². The van der Waals surface area contributed by atoms with E-state index in [4.69, 9.17) is 0 Å². The predicted octanol–water partition coefficient (Wildman–Crippen LogP) is -0.959. The van der Waals surface area contributed by atoms with Gasteiger partial charge in [-0.05, 0) is 11.6 Å². The molecule has 0 saturated heterocycles. The van der Waals surface area contributed by atoms with Crippen molar-refractivity contribution in [2.45, 2.75) is 0 Å². The molecule has 0 amide bonds. The van der Waals surface area contributed by atoms with Gasteiger partial charge >= 0.3 is 0 Å². The molecule has 0 spiro atoms. The van der Waals surface area contributed by atoms with Crippen LogP contribution in [0.2, 0.25) is 0 Å². The third-order valence-electron chi connectivity index (χ3n) is 1.85. The van der Waals surface area contributed by atoms with E-state index in [1.807, 2.05) is 36.7 Å². The molecule has 1 heterocycles. The van der Waals surface area contributed by atoms with Crippen molar-refractivity contribution in [1.82, 2.24) is 0 Å². The maximum absolute atomic E-state index is 9.97. The number of carbonyl (C=O) groups excluding carboxylic acids is 1. The summed E-state index contributed by atoms with van der Waals surface area (Å²) in [6.45, 7) is 2.17. The van der Waals surface area contributed by atoms with Crippen molar-refractivity contribution in [1.29, 1.82) is 0 Å². The van der Waals surface area contributed by atoms with E-state index in [1.54, 1.807) is 0 Å². The molecule has 4 nitrogen and oxygen atoms in total. The number of quaternary nitrogens is 1. The van der Waals surface area contributed by atoms with Gasteiger partial charge in [0.15, 0.2) is 6.34 Å². The molecule has 1 aliphatic rings. The van der Waals surface area contributed by atoms with Crippen LogP contribution in [0.25, 0.3) is 6.08 Å². The van der Waals surface area contributed by atoms with Crippen LogP contribution in [0.15, 0.2) is 41.4 Å². The average molecular weight is 218 g/mol. The smallest absolute Gasteiger partial charge is 0.182 e. The molecule has 1 aromatic carbocycles. The highest BCUT2D eigenvalue weighted by molar-refractivity contribution is 5.83. The SMILES string of the molecule is C1=NCC[NH2+]1.O=C([O-])C=Cc1ccccc1. The summed E-state index contributed by atoms with van der Waals surface area (Å²) in [5, 5.41) is 12.0. The number of carboxylic acids is 1. The summed E-state index contributed by atoms with van der Waals surface area (Å²) in [6.07, 6.45) is 4.37. The molecule has 0 fully saturated rings. The average Bonchev–Trinajstić information content (AvgIpc) is 2.86. The van der Waals surface area contributed by atoms with E-state index in [1.165, 1.54) is 6.08 Å². The summed E-state index contributed by atoms with van der Waals surface area (Å²) in [5.41, 5.74) is 0.858. The van der Waals surface area contributed by atoms with Crippen molar-refractivity contribution in [3.05, 3.63) is 42.0 Å². The lowest BCUT2D eigenvalue weighted by atomic mass is 10.2. The molecule has 1 aliphatic heterocycles. The zero-order valence-corrected chi connectivity index (χ0v) is 8.87. The second-order valence-corrected chi connectivity index (χ2v) is 3.14.